The molecule has 120 valence electrons. The molecule has 3 rings (SSSR count). The molecule has 1 atom stereocenters. The van der Waals surface area contributed by atoms with Crippen LogP contribution in [0.2, 0.25) is 5.15 Å². The van der Waals surface area contributed by atoms with Gasteiger partial charge in [-0.05, 0) is 37.0 Å². The number of aromatic nitrogens is 2. The molecule has 0 fully saturated rings. The summed E-state index contributed by atoms with van der Waals surface area (Å²) in [4.78, 5) is 18.1. The largest absolute Gasteiger partial charge is 0.347 e. The van der Waals surface area contributed by atoms with Gasteiger partial charge in [0, 0.05) is 6.07 Å². The number of halogens is 3. The van der Waals surface area contributed by atoms with E-state index in [0.29, 0.717) is 24.0 Å². The summed E-state index contributed by atoms with van der Waals surface area (Å²) in [5.74, 6) is -1.16. The monoisotopic (exact) mass is 340 g/mol. The zero-order chi connectivity index (χ0) is 16.7. The number of nitro groups is 1. The van der Waals surface area contributed by atoms with E-state index in [0.717, 1.165) is 6.07 Å². The number of nitrogens with one attached hydrogen (secondary N) is 1. The molecule has 0 spiro atoms. The zero-order valence-corrected chi connectivity index (χ0v) is 12.7. The zero-order valence-electron chi connectivity index (χ0n) is 11.9. The third-order valence-electron chi connectivity index (χ3n) is 3.75. The number of aryl methyl sites for hydroxylation is 1. The van der Waals surface area contributed by atoms with Crippen LogP contribution >= 0.6 is 11.6 Å². The first-order valence-corrected chi connectivity index (χ1v) is 7.17. The normalized spacial score (nSPS) is 16.3. The Morgan fingerprint density at radius 3 is 2.78 bits per heavy atom. The van der Waals surface area contributed by atoms with E-state index in [1.54, 1.807) is 0 Å². The lowest BCUT2D eigenvalue weighted by Crippen LogP contribution is -2.12. The molecule has 0 aliphatic heterocycles. The molecule has 1 aromatic heterocycles. The average Bonchev–Trinajstić information content (AvgIpc) is 2.80. The molecule has 0 amide bonds. The molecule has 1 heterocycles. The van der Waals surface area contributed by atoms with Gasteiger partial charge in [0.25, 0.3) is 0 Å². The molecule has 23 heavy (non-hydrogen) atoms. The topological polar surface area (TPSA) is 81.0 Å². The van der Waals surface area contributed by atoms with Gasteiger partial charge in [-0.15, -0.1) is 0 Å². The van der Waals surface area contributed by atoms with Crippen molar-refractivity contribution < 1.29 is 13.7 Å². The van der Waals surface area contributed by atoms with Crippen LogP contribution < -0.4 is 5.32 Å². The second-order valence-electron chi connectivity index (χ2n) is 5.22. The predicted octanol–water partition coefficient (Wildman–Crippen LogP) is 3.72. The highest BCUT2D eigenvalue weighted by Gasteiger charge is 2.28. The quantitative estimate of drug-likeness (QED) is 0.523. The number of hydrogen-bond acceptors (Lipinski definition) is 5. The van der Waals surface area contributed by atoms with Crippen LogP contribution in [0.1, 0.15) is 29.3 Å². The number of fused-ring (bicyclic) bond motifs is 1. The Bertz CT molecular complexity index is 793. The van der Waals surface area contributed by atoms with Gasteiger partial charge in [-0.1, -0.05) is 11.6 Å². The van der Waals surface area contributed by atoms with Crippen molar-refractivity contribution in [3.05, 3.63) is 55.9 Å². The van der Waals surface area contributed by atoms with Gasteiger partial charge in [-0.25, -0.2) is 13.8 Å². The molecule has 1 unspecified atom stereocenters. The van der Waals surface area contributed by atoms with Crippen molar-refractivity contribution in [1.29, 1.82) is 0 Å². The number of benzene rings is 1. The summed E-state index contributed by atoms with van der Waals surface area (Å²) in [6.45, 7) is 1.44. The van der Waals surface area contributed by atoms with Gasteiger partial charge in [0.1, 0.15) is 17.3 Å². The van der Waals surface area contributed by atoms with Crippen molar-refractivity contribution >= 4 is 23.2 Å². The Hall–Kier alpha value is -2.35. The first-order chi connectivity index (χ1) is 10.9. The maximum Gasteiger partial charge on any atom is 0.327 e. The summed E-state index contributed by atoms with van der Waals surface area (Å²) in [6, 6.07) is 1.74. The summed E-state index contributed by atoms with van der Waals surface area (Å²) in [7, 11) is 0. The minimum atomic E-state index is -0.659. The Balaban J connectivity index is 1.92. The smallest absolute Gasteiger partial charge is 0.327 e. The molecular weight excluding hydrogens is 330 g/mol. The van der Waals surface area contributed by atoms with E-state index >= 15 is 0 Å². The van der Waals surface area contributed by atoms with Gasteiger partial charge in [0.2, 0.25) is 11.1 Å². The summed E-state index contributed by atoms with van der Waals surface area (Å²) < 4.78 is 27.1. The number of nitrogens with zero attached hydrogens (tertiary/aromatic N) is 3. The molecule has 2 aromatic rings. The average molecular weight is 341 g/mol. The molecule has 1 aromatic carbocycles. The minimum absolute atomic E-state index is 0.0839. The van der Waals surface area contributed by atoms with E-state index < -0.39 is 16.6 Å². The minimum Gasteiger partial charge on any atom is -0.347 e. The first kappa shape index (κ1) is 15.5. The van der Waals surface area contributed by atoms with Gasteiger partial charge in [-0.3, -0.25) is 10.1 Å². The lowest BCUT2D eigenvalue weighted by atomic mass is 10.1. The fraction of sp³-hybridized carbons (Fsp3) is 0.286. The van der Waals surface area contributed by atoms with Crippen molar-refractivity contribution in [1.82, 2.24) is 9.97 Å². The van der Waals surface area contributed by atoms with Crippen LogP contribution in [-0.4, -0.2) is 14.9 Å². The summed E-state index contributed by atoms with van der Waals surface area (Å²) in [5.41, 5.74) is 0.703. The molecule has 1 N–H and O–H groups in total. The lowest BCUT2D eigenvalue weighted by molar-refractivity contribution is -0.385. The van der Waals surface area contributed by atoms with Crippen molar-refractivity contribution in [3.8, 4) is 0 Å². The van der Waals surface area contributed by atoms with E-state index in [1.807, 2.05) is 0 Å². The highest BCUT2D eigenvalue weighted by atomic mass is 35.5. The van der Waals surface area contributed by atoms with Crippen molar-refractivity contribution in [2.24, 2.45) is 0 Å². The number of hydrogen-bond donors (Lipinski definition) is 1. The molecule has 0 bridgehead atoms. The fourth-order valence-corrected chi connectivity index (χ4v) is 3.04. The van der Waals surface area contributed by atoms with Crippen LogP contribution in [0.4, 0.5) is 20.4 Å². The van der Waals surface area contributed by atoms with Gasteiger partial charge in [-0.2, -0.15) is 4.98 Å². The highest BCUT2D eigenvalue weighted by Crippen LogP contribution is 2.36. The van der Waals surface area contributed by atoms with Crippen LogP contribution in [0.15, 0.2) is 12.1 Å². The SMILES string of the molecule is Cc1nc(NC2CCc3c(F)cc(F)cc32)nc(Cl)c1[N+](=O)[O-]. The Morgan fingerprint density at radius 1 is 1.39 bits per heavy atom. The van der Waals surface area contributed by atoms with Crippen molar-refractivity contribution in [3.63, 3.8) is 0 Å². The molecule has 1 aliphatic carbocycles. The fourth-order valence-electron chi connectivity index (χ4n) is 2.75. The first-order valence-electron chi connectivity index (χ1n) is 6.79. The third-order valence-corrected chi connectivity index (χ3v) is 4.02. The van der Waals surface area contributed by atoms with Crippen LogP contribution in [-0.2, 0) is 6.42 Å². The molecule has 1 aliphatic rings. The van der Waals surface area contributed by atoms with E-state index in [2.05, 4.69) is 15.3 Å². The Morgan fingerprint density at radius 2 is 2.13 bits per heavy atom. The van der Waals surface area contributed by atoms with Gasteiger partial charge in [0.05, 0.1) is 11.0 Å². The summed E-state index contributed by atoms with van der Waals surface area (Å²) in [6.07, 6.45) is 0.992. The summed E-state index contributed by atoms with van der Waals surface area (Å²) >= 11 is 5.81. The van der Waals surface area contributed by atoms with Crippen LogP contribution in [0, 0.1) is 28.7 Å². The number of anilines is 1. The second-order valence-corrected chi connectivity index (χ2v) is 5.58. The van der Waals surface area contributed by atoms with Crippen LogP contribution in [0.5, 0.6) is 0 Å². The maximum absolute atomic E-state index is 13.7. The Labute approximate surface area is 134 Å². The van der Waals surface area contributed by atoms with E-state index in [9.17, 15) is 18.9 Å². The van der Waals surface area contributed by atoms with Crippen molar-refractivity contribution in [2.75, 3.05) is 5.32 Å². The van der Waals surface area contributed by atoms with Crippen LogP contribution in [0.3, 0.4) is 0 Å². The molecule has 0 radical (unpaired) electrons. The predicted molar refractivity (Wildman–Crippen MR) is 79.5 cm³/mol. The molecule has 0 saturated carbocycles. The lowest BCUT2D eigenvalue weighted by Gasteiger charge is -2.14. The van der Waals surface area contributed by atoms with Crippen molar-refractivity contribution in [2.45, 2.75) is 25.8 Å². The third kappa shape index (κ3) is 2.81. The Kier molecular flexibility index (Phi) is 3.85. The second kappa shape index (κ2) is 5.69. The highest BCUT2D eigenvalue weighted by molar-refractivity contribution is 6.31. The molecule has 9 heteroatoms. The molecule has 6 nitrogen and oxygen atoms in total. The van der Waals surface area contributed by atoms with E-state index in [4.69, 9.17) is 11.6 Å². The molecule has 0 saturated heterocycles. The van der Waals surface area contributed by atoms with Crippen LogP contribution in [0.25, 0.3) is 0 Å². The molecular formula is C14H11ClF2N4O2. The number of rotatable bonds is 3. The van der Waals surface area contributed by atoms with E-state index in [1.165, 1.54) is 13.0 Å². The standard InChI is InChI=1S/C14H11ClF2N4O2/c1-6-12(21(22)23)13(15)20-14(18-6)19-11-3-2-8-9(11)4-7(16)5-10(8)17/h4-5,11H,2-3H2,1H3,(H,18,19,20). The maximum atomic E-state index is 13.7. The van der Waals surface area contributed by atoms with Gasteiger partial charge >= 0.3 is 5.69 Å². The van der Waals surface area contributed by atoms with Gasteiger partial charge in [0.15, 0.2) is 0 Å². The summed E-state index contributed by atoms with van der Waals surface area (Å²) in [5, 5.41) is 13.5. The van der Waals surface area contributed by atoms with Gasteiger partial charge < -0.3 is 5.32 Å². The van der Waals surface area contributed by atoms with E-state index in [-0.39, 0.29) is 28.5 Å².